The predicted molar refractivity (Wildman–Crippen MR) is 120 cm³/mol. The Kier molecular flexibility index (Phi) is 6.18. The summed E-state index contributed by atoms with van der Waals surface area (Å²) in [4.78, 5) is 25.1. The number of aromatic nitrogens is 1. The Balaban J connectivity index is 1.49. The molecule has 0 unspecified atom stereocenters. The van der Waals surface area contributed by atoms with Gasteiger partial charge in [0.05, 0.1) is 5.52 Å². The van der Waals surface area contributed by atoms with Gasteiger partial charge in [0.15, 0.2) is 5.69 Å². The standard InChI is InChI=1S/C23H32N4O4/c1-14(2)15-3-5-16(6-4-15)26-11-9-17(10-12-26)27-20-8-7-18(31-23(24)29)13-19(20)21(25-30)22(27)28/h7-8,13-17,28H,3-6,9-12H2,1-2H3,(H2,24,29). The van der Waals surface area contributed by atoms with Crippen molar-refractivity contribution in [3.8, 4) is 11.6 Å². The average Bonchev–Trinajstić information content (AvgIpc) is 3.04. The first-order valence-corrected chi connectivity index (χ1v) is 11.3. The largest absolute Gasteiger partial charge is 0.493 e. The first kappa shape index (κ1) is 21.6. The van der Waals surface area contributed by atoms with Gasteiger partial charge >= 0.3 is 6.09 Å². The van der Waals surface area contributed by atoms with Gasteiger partial charge in [-0.3, -0.25) is 0 Å². The van der Waals surface area contributed by atoms with E-state index < -0.39 is 6.09 Å². The van der Waals surface area contributed by atoms with Gasteiger partial charge in [0.2, 0.25) is 5.88 Å². The number of fused-ring (bicyclic) bond motifs is 1. The van der Waals surface area contributed by atoms with E-state index in [0.29, 0.717) is 16.9 Å². The van der Waals surface area contributed by atoms with Crippen LogP contribution in [0.5, 0.6) is 11.6 Å². The third kappa shape index (κ3) is 4.26. The summed E-state index contributed by atoms with van der Waals surface area (Å²) >= 11 is 0. The third-order valence-corrected chi connectivity index (χ3v) is 7.30. The summed E-state index contributed by atoms with van der Waals surface area (Å²) in [5.41, 5.74) is 5.76. The van der Waals surface area contributed by atoms with Crippen molar-refractivity contribution < 1.29 is 14.6 Å². The molecule has 1 aromatic heterocycles. The Morgan fingerprint density at radius 3 is 2.39 bits per heavy atom. The number of nitrogens with zero attached hydrogens (tertiary/aromatic N) is 3. The highest BCUT2D eigenvalue weighted by molar-refractivity contribution is 5.96. The number of primary amides is 1. The van der Waals surface area contributed by atoms with Crippen LogP contribution in [0.15, 0.2) is 23.4 Å². The van der Waals surface area contributed by atoms with Crippen molar-refractivity contribution in [3.63, 3.8) is 0 Å². The van der Waals surface area contributed by atoms with E-state index in [2.05, 4.69) is 23.9 Å². The second-order valence-electron chi connectivity index (χ2n) is 9.31. The second kappa shape index (κ2) is 8.86. The van der Waals surface area contributed by atoms with E-state index >= 15 is 0 Å². The van der Waals surface area contributed by atoms with Crippen LogP contribution in [-0.4, -0.2) is 39.8 Å². The maximum Gasteiger partial charge on any atom is 0.409 e. The molecule has 0 spiro atoms. The van der Waals surface area contributed by atoms with Crippen LogP contribution in [0.2, 0.25) is 0 Å². The Hall–Kier alpha value is -2.61. The number of carbonyl (C=O) groups is 1. The monoisotopic (exact) mass is 428 g/mol. The maximum atomic E-state index is 11.4. The highest BCUT2D eigenvalue weighted by Gasteiger charge is 2.32. The minimum absolute atomic E-state index is 0.0284. The lowest BCUT2D eigenvalue weighted by Gasteiger charge is -2.42. The van der Waals surface area contributed by atoms with Gasteiger partial charge in [0.25, 0.3) is 0 Å². The summed E-state index contributed by atoms with van der Waals surface area (Å²) in [6.07, 6.45) is 6.04. The third-order valence-electron chi connectivity index (χ3n) is 7.30. The molecule has 2 aliphatic rings. The van der Waals surface area contributed by atoms with E-state index in [1.54, 1.807) is 12.1 Å². The number of ether oxygens (including phenoxy) is 1. The molecule has 0 bridgehead atoms. The van der Waals surface area contributed by atoms with Gasteiger partial charge in [0.1, 0.15) is 5.75 Å². The molecule has 1 aromatic carbocycles. The molecule has 168 valence electrons. The number of hydrogen-bond acceptors (Lipinski definition) is 6. The van der Waals surface area contributed by atoms with Crippen LogP contribution in [0.1, 0.15) is 58.4 Å². The van der Waals surface area contributed by atoms with Crippen LogP contribution in [-0.2, 0) is 0 Å². The van der Waals surface area contributed by atoms with Gasteiger partial charge < -0.3 is 25.0 Å². The van der Waals surface area contributed by atoms with Crippen LogP contribution >= 0.6 is 0 Å². The lowest BCUT2D eigenvalue weighted by molar-refractivity contribution is 0.0881. The summed E-state index contributed by atoms with van der Waals surface area (Å²) in [6.45, 7) is 6.62. The highest BCUT2D eigenvalue weighted by atomic mass is 16.5. The number of aromatic hydroxyl groups is 1. The summed E-state index contributed by atoms with van der Waals surface area (Å²) in [7, 11) is 0. The molecule has 2 fully saturated rings. The quantitative estimate of drug-likeness (QED) is 0.647. The van der Waals surface area contributed by atoms with E-state index in [9.17, 15) is 14.8 Å². The van der Waals surface area contributed by atoms with Crippen molar-refractivity contribution in [3.05, 3.63) is 23.1 Å². The van der Waals surface area contributed by atoms with Crippen molar-refractivity contribution in [1.82, 2.24) is 9.47 Å². The van der Waals surface area contributed by atoms with Crippen LogP contribution in [0.25, 0.3) is 10.9 Å². The highest BCUT2D eigenvalue weighted by Crippen LogP contribution is 2.44. The topological polar surface area (TPSA) is 110 Å². The molecule has 1 aliphatic heterocycles. The van der Waals surface area contributed by atoms with Gasteiger partial charge in [0, 0.05) is 30.6 Å². The number of carbonyl (C=O) groups excluding carboxylic acids is 1. The molecule has 8 heteroatoms. The number of rotatable bonds is 5. The number of hydrogen-bond donors (Lipinski definition) is 2. The number of benzene rings is 1. The summed E-state index contributed by atoms with van der Waals surface area (Å²) < 4.78 is 6.73. The summed E-state index contributed by atoms with van der Waals surface area (Å²) in [5, 5.41) is 14.3. The molecule has 31 heavy (non-hydrogen) atoms. The Morgan fingerprint density at radius 1 is 1.13 bits per heavy atom. The van der Waals surface area contributed by atoms with Crippen LogP contribution < -0.4 is 10.5 Å². The van der Waals surface area contributed by atoms with Crippen molar-refractivity contribution in [2.75, 3.05) is 13.1 Å². The molecule has 2 heterocycles. The maximum absolute atomic E-state index is 11.4. The summed E-state index contributed by atoms with van der Waals surface area (Å²) in [6, 6.07) is 5.62. The molecule has 0 radical (unpaired) electrons. The van der Waals surface area contributed by atoms with Gasteiger partial charge in [-0.05, 0) is 73.7 Å². The normalized spacial score (nSPS) is 23.3. The number of nitroso groups, excluding NO2 is 1. The fourth-order valence-corrected chi connectivity index (χ4v) is 5.55. The molecule has 1 saturated heterocycles. The van der Waals surface area contributed by atoms with Crippen molar-refractivity contribution in [2.24, 2.45) is 22.7 Å². The second-order valence-corrected chi connectivity index (χ2v) is 9.31. The van der Waals surface area contributed by atoms with Crippen molar-refractivity contribution in [2.45, 2.75) is 64.5 Å². The fourth-order valence-electron chi connectivity index (χ4n) is 5.55. The first-order chi connectivity index (χ1) is 14.9. The fraction of sp³-hybridized carbons (Fsp3) is 0.609. The predicted octanol–water partition coefficient (Wildman–Crippen LogP) is 5.05. The Labute approximate surface area is 182 Å². The zero-order valence-electron chi connectivity index (χ0n) is 18.3. The minimum Gasteiger partial charge on any atom is -0.493 e. The molecule has 1 saturated carbocycles. The number of piperidine rings is 1. The van der Waals surface area contributed by atoms with Crippen LogP contribution in [0.3, 0.4) is 0 Å². The molecule has 0 atom stereocenters. The molecule has 1 amide bonds. The lowest BCUT2D eigenvalue weighted by Crippen LogP contribution is -2.43. The Bertz CT molecular complexity index is 954. The van der Waals surface area contributed by atoms with Crippen molar-refractivity contribution >= 4 is 22.7 Å². The Morgan fingerprint density at radius 2 is 1.81 bits per heavy atom. The molecular formula is C23H32N4O4. The van der Waals surface area contributed by atoms with Gasteiger partial charge in [-0.1, -0.05) is 13.8 Å². The van der Waals surface area contributed by atoms with Gasteiger partial charge in [-0.15, -0.1) is 4.91 Å². The summed E-state index contributed by atoms with van der Waals surface area (Å²) in [5.74, 6) is 1.71. The van der Waals surface area contributed by atoms with Gasteiger partial charge in [-0.25, -0.2) is 4.79 Å². The molecular weight excluding hydrogens is 396 g/mol. The smallest absolute Gasteiger partial charge is 0.409 e. The zero-order valence-corrected chi connectivity index (χ0v) is 18.3. The molecule has 1 aliphatic carbocycles. The van der Waals surface area contributed by atoms with Crippen LogP contribution in [0, 0.1) is 16.7 Å². The van der Waals surface area contributed by atoms with E-state index in [4.69, 9.17) is 10.5 Å². The SMILES string of the molecule is CC(C)C1CCC(N2CCC(n3c(O)c(N=O)c4cc(OC(N)=O)ccc43)CC2)CC1. The van der Waals surface area contributed by atoms with E-state index in [0.717, 1.165) is 37.8 Å². The number of likely N-dealkylation sites (tertiary alicyclic amines) is 1. The minimum atomic E-state index is -0.932. The molecule has 4 rings (SSSR count). The van der Waals surface area contributed by atoms with Gasteiger partial charge in [-0.2, -0.15) is 0 Å². The van der Waals surface area contributed by atoms with E-state index in [-0.39, 0.29) is 23.4 Å². The van der Waals surface area contributed by atoms with E-state index in [1.807, 2.05) is 4.57 Å². The molecule has 3 N–H and O–H groups in total. The first-order valence-electron chi connectivity index (χ1n) is 11.3. The van der Waals surface area contributed by atoms with Crippen molar-refractivity contribution in [1.29, 1.82) is 0 Å². The lowest BCUT2D eigenvalue weighted by atomic mass is 9.79. The van der Waals surface area contributed by atoms with Crippen LogP contribution in [0.4, 0.5) is 10.5 Å². The average molecular weight is 429 g/mol. The number of amides is 1. The zero-order chi connectivity index (χ0) is 22.1. The van der Waals surface area contributed by atoms with E-state index in [1.165, 1.54) is 31.7 Å². The molecule has 8 nitrogen and oxygen atoms in total. The number of nitrogens with two attached hydrogens (primary N) is 1. The molecule has 2 aromatic rings.